The van der Waals surface area contributed by atoms with Crippen molar-refractivity contribution >= 4 is 28.7 Å². The van der Waals surface area contributed by atoms with Crippen LogP contribution in [-0.2, 0) is 17.2 Å². The molecular weight excluding hydrogens is 276 g/mol. The van der Waals surface area contributed by atoms with E-state index in [1.807, 2.05) is 13.0 Å². The van der Waals surface area contributed by atoms with Crippen molar-refractivity contribution < 1.29 is 4.79 Å². The standard InChI is InChI=1S/C14H19ClN4O/c1-9(2)7-17-12(20)8-19-11(6-15)18-13-10(3)4-5-16-14(13)19/h4-5,9H,6-8H2,1-3H3,(H,17,20). The second kappa shape index (κ2) is 6.22. The van der Waals surface area contributed by atoms with Crippen molar-refractivity contribution in [2.45, 2.75) is 33.2 Å². The minimum atomic E-state index is -0.0485. The van der Waals surface area contributed by atoms with Crippen LogP contribution in [-0.4, -0.2) is 27.0 Å². The van der Waals surface area contributed by atoms with E-state index in [0.29, 0.717) is 23.9 Å². The maximum Gasteiger partial charge on any atom is 0.240 e. The molecule has 1 amide bonds. The number of imidazole rings is 1. The molecule has 0 aromatic carbocycles. The van der Waals surface area contributed by atoms with Gasteiger partial charge >= 0.3 is 0 Å². The number of hydrogen-bond acceptors (Lipinski definition) is 3. The Labute approximate surface area is 123 Å². The predicted molar refractivity (Wildman–Crippen MR) is 79.7 cm³/mol. The normalized spacial score (nSPS) is 11.2. The van der Waals surface area contributed by atoms with Gasteiger partial charge in [0.15, 0.2) is 5.65 Å². The number of halogens is 1. The molecular formula is C14H19ClN4O. The molecule has 0 atom stereocenters. The van der Waals surface area contributed by atoms with Crippen molar-refractivity contribution in [3.05, 3.63) is 23.7 Å². The SMILES string of the molecule is Cc1ccnc2c1nc(CCl)n2CC(=O)NCC(C)C. The van der Waals surface area contributed by atoms with Crippen LogP contribution in [0.4, 0.5) is 0 Å². The van der Waals surface area contributed by atoms with Crippen molar-refractivity contribution in [3.63, 3.8) is 0 Å². The molecule has 2 heterocycles. The highest BCUT2D eigenvalue weighted by Crippen LogP contribution is 2.18. The first kappa shape index (κ1) is 14.8. The first-order valence-electron chi connectivity index (χ1n) is 6.66. The van der Waals surface area contributed by atoms with E-state index in [-0.39, 0.29) is 18.3 Å². The summed E-state index contributed by atoms with van der Waals surface area (Å²) >= 11 is 5.92. The van der Waals surface area contributed by atoms with E-state index in [1.165, 1.54) is 0 Å². The number of carbonyl (C=O) groups excluding carboxylic acids is 1. The summed E-state index contributed by atoms with van der Waals surface area (Å²) < 4.78 is 1.78. The van der Waals surface area contributed by atoms with E-state index in [0.717, 1.165) is 11.1 Å². The first-order chi connectivity index (χ1) is 9.52. The number of alkyl halides is 1. The lowest BCUT2D eigenvalue weighted by Crippen LogP contribution is -2.31. The van der Waals surface area contributed by atoms with E-state index < -0.39 is 0 Å². The van der Waals surface area contributed by atoms with Gasteiger partial charge in [-0.2, -0.15) is 0 Å². The maximum atomic E-state index is 12.0. The van der Waals surface area contributed by atoms with Gasteiger partial charge in [-0.1, -0.05) is 13.8 Å². The Bertz CT molecular complexity index is 621. The predicted octanol–water partition coefficient (Wildman–Crippen LogP) is 2.25. The summed E-state index contributed by atoms with van der Waals surface area (Å²) in [6.07, 6.45) is 1.72. The number of carbonyl (C=O) groups is 1. The molecule has 20 heavy (non-hydrogen) atoms. The molecule has 0 fully saturated rings. The lowest BCUT2D eigenvalue weighted by molar-refractivity contribution is -0.121. The molecule has 0 saturated heterocycles. The highest BCUT2D eigenvalue weighted by molar-refractivity contribution is 6.16. The molecule has 108 valence electrons. The number of fused-ring (bicyclic) bond motifs is 1. The van der Waals surface area contributed by atoms with E-state index in [1.54, 1.807) is 10.8 Å². The molecule has 2 aromatic heterocycles. The molecule has 0 aliphatic rings. The van der Waals surface area contributed by atoms with Crippen molar-refractivity contribution in [3.8, 4) is 0 Å². The minimum Gasteiger partial charge on any atom is -0.354 e. The van der Waals surface area contributed by atoms with E-state index in [9.17, 15) is 4.79 Å². The maximum absolute atomic E-state index is 12.0. The smallest absolute Gasteiger partial charge is 0.240 e. The minimum absolute atomic E-state index is 0.0485. The van der Waals surface area contributed by atoms with Crippen LogP contribution in [0.15, 0.2) is 12.3 Å². The summed E-state index contributed by atoms with van der Waals surface area (Å²) in [5.41, 5.74) is 2.54. The third kappa shape index (κ3) is 3.10. The molecule has 1 N–H and O–H groups in total. The Balaban J connectivity index is 2.28. The number of amides is 1. The number of aryl methyl sites for hydroxylation is 1. The molecule has 0 radical (unpaired) electrons. The van der Waals surface area contributed by atoms with Gasteiger partial charge in [0, 0.05) is 12.7 Å². The Morgan fingerprint density at radius 1 is 1.50 bits per heavy atom. The Morgan fingerprint density at radius 3 is 2.90 bits per heavy atom. The van der Waals surface area contributed by atoms with Gasteiger partial charge in [-0.15, -0.1) is 11.6 Å². The highest BCUT2D eigenvalue weighted by atomic mass is 35.5. The van der Waals surface area contributed by atoms with Gasteiger partial charge in [-0.05, 0) is 24.5 Å². The summed E-state index contributed by atoms with van der Waals surface area (Å²) in [5, 5.41) is 2.89. The Kier molecular flexibility index (Phi) is 4.60. The van der Waals surface area contributed by atoms with Gasteiger partial charge in [-0.3, -0.25) is 4.79 Å². The zero-order valence-corrected chi connectivity index (χ0v) is 12.7. The summed E-state index contributed by atoms with van der Waals surface area (Å²) in [6.45, 7) is 6.94. The van der Waals surface area contributed by atoms with Crippen molar-refractivity contribution in [2.75, 3.05) is 6.54 Å². The van der Waals surface area contributed by atoms with Gasteiger partial charge in [0.2, 0.25) is 5.91 Å². The first-order valence-corrected chi connectivity index (χ1v) is 7.19. The second-order valence-corrected chi connectivity index (χ2v) is 5.51. The monoisotopic (exact) mass is 294 g/mol. The fourth-order valence-electron chi connectivity index (χ4n) is 1.97. The molecule has 0 bridgehead atoms. The Hall–Kier alpha value is -1.62. The van der Waals surface area contributed by atoms with Crippen LogP contribution in [0.5, 0.6) is 0 Å². The number of pyridine rings is 1. The van der Waals surface area contributed by atoms with Crippen LogP contribution in [0.25, 0.3) is 11.2 Å². The van der Waals surface area contributed by atoms with E-state index in [4.69, 9.17) is 11.6 Å². The second-order valence-electron chi connectivity index (χ2n) is 5.25. The van der Waals surface area contributed by atoms with Crippen LogP contribution in [0.2, 0.25) is 0 Å². The van der Waals surface area contributed by atoms with Gasteiger partial charge in [0.1, 0.15) is 17.9 Å². The van der Waals surface area contributed by atoms with Gasteiger partial charge in [-0.25, -0.2) is 9.97 Å². The average Bonchev–Trinajstić information content (AvgIpc) is 2.76. The van der Waals surface area contributed by atoms with Gasteiger partial charge < -0.3 is 9.88 Å². The zero-order chi connectivity index (χ0) is 14.7. The summed E-state index contributed by atoms with van der Waals surface area (Å²) in [7, 11) is 0. The van der Waals surface area contributed by atoms with Crippen LogP contribution in [0, 0.1) is 12.8 Å². The molecule has 0 aliphatic carbocycles. The largest absolute Gasteiger partial charge is 0.354 e. The lowest BCUT2D eigenvalue weighted by atomic mass is 10.2. The van der Waals surface area contributed by atoms with Crippen LogP contribution < -0.4 is 5.32 Å². The van der Waals surface area contributed by atoms with E-state index >= 15 is 0 Å². The fourth-order valence-corrected chi connectivity index (χ4v) is 2.17. The number of aromatic nitrogens is 3. The number of nitrogens with one attached hydrogen (secondary N) is 1. The highest BCUT2D eigenvalue weighted by Gasteiger charge is 2.15. The quantitative estimate of drug-likeness (QED) is 0.861. The van der Waals surface area contributed by atoms with Crippen molar-refractivity contribution in [1.82, 2.24) is 19.9 Å². The molecule has 5 nitrogen and oxygen atoms in total. The van der Waals surface area contributed by atoms with Gasteiger partial charge in [0.25, 0.3) is 0 Å². The summed E-state index contributed by atoms with van der Waals surface area (Å²) in [4.78, 5) is 20.8. The number of nitrogens with zero attached hydrogens (tertiary/aromatic N) is 3. The van der Waals surface area contributed by atoms with E-state index in [2.05, 4.69) is 29.1 Å². The van der Waals surface area contributed by atoms with Crippen molar-refractivity contribution in [1.29, 1.82) is 0 Å². The summed E-state index contributed by atoms with van der Waals surface area (Å²) in [5.74, 6) is 1.30. The summed E-state index contributed by atoms with van der Waals surface area (Å²) in [6, 6.07) is 1.90. The average molecular weight is 295 g/mol. The third-order valence-corrected chi connectivity index (χ3v) is 3.28. The molecule has 0 saturated carbocycles. The molecule has 0 spiro atoms. The molecule has 0 aliphatic heterocycles. The molecule has 2 rings (SSSR count). The van der Waals surface area contributed by atoms with Gasteiger partial charge in [0.05, 0.1) is 5.88 Å². The number of rotatable bonds is 5. The third-order valence-electron chi connectivity index (χ3n) is 3.04. The lowest BCUT2D eigenvalue weighted by Gasteiger charge is -2.10. The fraction of sp³-hybridized carbons (Fsp3) is 0.500. The molecule has 6 heteroatoms. The van der Waals surface area contributed by atoms with Crippen LogP contribution in [0.1, 0.15) is 25.2 Å². The Morgan fingerprint density at radius 2 is 2.25 bits per heavy atom. The zero-order valence-electron chi connectivity index (χ0n) is 12.0. The van der Waals surface area contributed by atoms with Crippen LogP contribution >= 0.6 is 11.6 Å². The molecule has 2 aromatic rings. The van der Waals surface area contributed by atoms with Crippen LogP contribution in [0.3, 0.4) is 0 Å². The number of hydrogen-bond donors (Lipinski definition) is 1. The molecule has 0 unspecified atom stereocenters. The van der Waals surface area contributed by atoms with Crippen molar-refractivity contribution in [2.24, 2.45) is 5.92 Å². The topological polar surface area (TPSA) is 59.8 Å².